The number of nitrogens with one attached hydrogen (secondary N) is 1. The monoisotopic (exact) mass is 611 g/mol. The Morgan fingerprint density at radius 3 is 2.30 bits per heavy atom. The van der Waals surface area contributed by atoms with Crippen molar-refractivity contribution in [2.45, 2.75) is 77.1 Å². The standard InChI is InChI=1S/C30H38ClN7O5/c1-17(2)37(29(42)43-30(3,4)5)15-22(18-7-9-19(31)10-8-18)27(40)38-20-11-12-21(38)14-36(13-20)25-23-24(32-16-33-25)34-26(39)28(41)35(23)6/h7-10,16-17,20-22H,11-15H2,1-6H3,(H,32,33,34,39)/t20?,21?,22-/m1/s1. The highest BCUT2D eigenvalue weighted by molar-refractivity contribution is 6.30. The molecule has 3 atom stereocenters. The van der Waals surface area contributed by atoms with Gasteiger partial charge in [0.25, 0.3) is 0 Å². The third-order valence-corrected chi connectivity index (χ3v) is 8.36. The van der Waals surface area contributed by atoms with E-state index in [1.807, 2.05) is 51.7 Å². The highest BCUT2D eigenvalue weighted by Crippen LogP contribution is 2.36. The number of hydrogen-bond donors (Lipinski definition) is 1. The van der Waals surface area contributed by atoms with Gasteiger partial charge in [-0.05, 0) is 65.2 Å². The summed E-state index contributed by atoms with van der Waals surface area (Å²) in [5.41, 5.74) is -0.625. The Labute approximate surface area is 254 Å². The topological polar surface area (TPSA) is 134 Å². The van der Waals surface area contributed by atoms with Gasteiger partial charge in [-0.2, -0.15) is 0 Å². The summed E-state index contributed by atoms with van der Waals surface area (Å²) in [7, 11) is 1.53. The van der Waals surface area contributed by atoms with Crippen LogP contribution in [0.2, 0.25) is 5.02 Å². The molecule has 0 aliphatic carbocycles. The highest BCUT2D eigenvalue weighted by Gasteiger charge is 2.46. The highest BCUT2D eigenvalue weighted by atomic mass is 35.5. The lowest BCUT2D eigenvalue weighted by molar-refractivity contribution is -0.136. The van der Waals surface area contributed by atoms with Gasteiger partial charge < -0.3 is 29.0 Å². The van der Waals surface area contributed by atoms with Crippen LogP contribution < -0.4 is 16.0 Å². The molecular formula is C30H38ClN7O5. The molecule has 2 fully saturated rings. The van der Waals surface area contributed by atoms with Crippen LogP contribution in [-0.2, 0) is 16.6 Å². The number of aromatic nitrogens is 4. The number of nitrogens with zero attached hydrogens (tertiary/aromatic N) is 6. The fraction of sp³-hybridized carbons (Fsp3) is 0.533. The Bertz CT molecular complexity index is 1630. The lowest BCUT2D eigenvalue weighted by Gasteiger charge is -2.43. The average molecular weight is 612 g/mol. The molecule has 2 aromatic heterocycles. The molecule has 43 heavy (non-hydrogen) atoms. The molecule has 1 aromatic carbocycles. The number of fused-ring (bicyclic) bond motifs is 3. The number of halogens is 1. The number of carbonyl (C=O) groups is 2. The van der Waals surface area contributed by atoms with Crippen LogP contribution >= 0.6 is 11.6 Å². The molecule has 12 nitrogen and oxygen atoms in total. The number of carbonyl (C=O) groups excluding carboxylic acids is 2. The lowest BCUT2D eigenvalue weighted by Crippen LogP contribution is -2.58. The van der Waals surface area contributed by atoms with Crippen molar-refractivity contribution in [3.63, 3.8) is 0 Å². The summed E-state index contributed by atoms with van der Waals surface area (Å²) in [5.74, 6) is -0.157. The van der Waals surface area contributed by atoms with Crippen molar-refractivity contribution in [2.75, 3.05) is 24.5 Å². The fourth-order valence-corrected chi connectivity index (χ4v) is 6.19. The van der Waals surface area contributed by atoms with E-state index in [4.69, 9.17) is 16.3 Å². The van der Waals surface area contributed by atoms with Gasteiger partial charge in [0.2, 0.25) is 5.91 Å². The van der Waals surface area contributed by atoms with Crippen LogP contribution in [0.25, 0.3) is 11.2 Å². The molecular weight excluding hydrogens is 574 g/mol. The summed E-state index contributed by atoms with van der Waals surface area (Å²) >= 11 is 6.19. The molecule has 2 aliphatic rings. The van der Waals surface area contributed by atoms with E-state index in [0.717, 1.165) is 18.4 Å². The van der Waals surface area contributed by atoms with Crippen molar-refractivity contribution in [2.24, 2.45) is 7.05 Å². The maximum Gasteiger partial charge on any atom is 0.410 e. The number of ether oxygens (including phenoxy) is 1. The van der Waals surface area contributed by atoms with E-state index in [1.165, 1.54) is 17.9 Å². The zero-order valence-electron chi connectivity index (χ0n) is 25.3. The molecule has 0 spiro atoms. The SMILES string of the molecule is CC(C)N(C[C@@H](C(=O)N1C2CCC1CN(c1ncnc3[nH]c(=O)c(=O)n(C)c13)C2)c1ccc(Cl)cc1)C(=O)OC(C)(C)C. The number of anilines is 1. The molecule has 0 saturated carbocycles. The molecule has 2 bridgehead atoms. The minimum absolute atomic E-state index is 0.0621. The fourth-order valence-electron chi connectivity index (χ4n) is 6.07. The molecule has 13 heteroatoms. The number of benzene rings is 1. The number of H-pyrrole nitrogens is 1. The molecule has 2 amide bonds. The molecule has 5 rings (SSSR count). The van der Waals surface area contributed by atoms with Gasteiger partial charge >= 0.3 is 17.2 Å². The Kier molecular flexibility index (Phi) is 8.26. The second kappa shape index (κ2) is 11.6. The summed E-state index contributed by atoms with van der Waals surface area (Å²) in [6.45, 7) is 10.4. The minimum Gasteiger partial charge on any atom is -0.444 e. The van der Waals surface area contributed by atoms with Gasteiger partial charge in [0.05, 0.1) is 5.92 Å². The van der Waals surface area contributed by atoms with Crippen molar-refractivity contribution in [1.29, 1.82) is 0 Å². The Morgan fingerprint density at radius 2 is 1.72 bits per heavy atom. The first kappa shape index (κ1) is 30.5. The first-order valence-corrected chi connectivity index (χ1v) is 14.9. The van der Waals surface area contributed by atoms with Crippen LogP contribution in [0.3, 0.4) is 0 Å². The zero-order chi connectivity index (χ0) is 31.2. The van der Waals surface area contributed by atoms with Crippen LogP contribution in [0.4, 0.5) is 10.6 Å². The Hall–Kier alpha value is -3.93. The maximum absolute atomic E-state index is 14.5. The molecule has 2 aliphatic heterocycles. The number of piperazine rings is 1. The van der Waals surface area contributed by atoms with Crippen molar-refractivity contribution in [1.82, 2.24) is 29.3 Å². The van der Waals surface area contributed by atoms with Gasteiger partial charge in [0.1, 0.15) is 17.4 Å². The van der Waals surface area contributed by atoms with Crippen LogP contribution in [0.1, 0.15) is 58.9 Å². The van der Waals surface area contributed by atoms with E-state index in [9.17, 15) is 19.2 Å². The molecule has 1 N–H and O–H groups in total. The second-order valence-corrected chi connectivity index (χ2v) is 13.0. The zero-order valence-corrected chi connectivity index (χ0v) is 26.1. The summed E-state index contributed by atoms with van der Waals surface area (Å²) in [6.07, 6.45) is 2.50. The third-order valence-electron chi connectivity index (χ3n) is 8.11. The molecule has 3 aromatic rings. The van der Waals surface area contributed by atoms with E-state index in [1.54, 1.807) is 17.0 Å². The smallest absolute Gasteiger partial charge is 0.410 e. The second-order valence-electron chi connectivity index (χ2n) is 12.6. The quantitative estimate of drug-likeness (QED) is 0.420. The molecule has 0 radical (unpaired) electrons. The predicted molar refractivity (Wildman–Crippen MR) is 164 cm³/mol. The maximum atomic E-state index is 14.5. The number of aromatic amines is 1. The van der Waals surface area contributed by atoms with Crippen molar-refractivity contribution in [3.8, 4) is 0 Å². The number of rotatable bonds is 6. The number of hydrogen-bond acceptors (Lipinski definition) is 8. The van der Waals surface area contributed by atoms with E-state index in [-0.39, 0.29) is 36.2 Å². The first-order valence-electron chi connectivity index (χ1n) is 14.5. The summed E-state index contributed by atoms with van der Waals surface area (Å²) in [4.78, 5) is 69.0. The van der Waals surface area contributed by atoms with Gasteiger partial charge in [-0.3, -0.25) is 14.4 Å². The predicted octanol–water partition coefficient (Wildman–Crippen LogP) is 3.28. The van der Waals surface area contributed by atoms with Gasteiger partial charge in [-0.15, -0.1) is 0 Å². The van der Waals surface area contributed by atoms with Gasteiger partial charge in [-0.1, -0.05) is 23.7 Å². The van der Waals surface area contributed by atoms with Gasteiger partial charge in [0, 0.05) is 49.8 Å². The summed E-state index contributed by atoms with van der Waals surface area (Å²) in [6, 6.07) is 6.77. The van der Waals surface area contributed by atoms with Gasteiger partial charge in [0.15, 0.2) is 11.5 Å². The molecule has 230 valence electrons. The van der Waals surface area contributed by atoms with Crippen LogP contribution in [0.5, 0.6) is 0 Å². The van der Waals surface area contributed by atoms with Crippen molar-refractivity contribution < 1.29 is 14.3 Å². The largest absolute Gasteiger partial charge is 0.444 e. The minimum atomic E-state index is -0.745. The van der Waals surface area contributed by atoms with Crippen LogP contribution in [0.15, 0.2) is 40.2 Å². The van der Waals surface area contributed by atoms with Crippen molar-refractivity contribution >= 4 is 40.6 Å². The average Bonchev–Trinajstić information content (AvgIpc) is 3.20. The lowest BCUT2D eigenvalue weighted by atomic mass is 9.95. The van der Waals surface area contributed by atoms with E-state index < -0.39 is 28.7 Å². The van der Waals surface area contributed by atoms with Crippen LogP contribution in [-0.4, -0.2) is 84.7 Å². The van der Waals surface area contributed by atoms with E-state index in [2.05, 4.69) is 19.9 Å². The Balaban J connectivity index is 1.46. The summed E-state index contributed by atoms with van der Waals surface area (Å²) in [5, 5.41) is 0.560. The molecule has 2 saturated heterocycles. The van der Waals surface area contributed by atoms with E-state index >= 15 is 0 Å². The molecule has 2 unspecified atom stereocenters. The van der Waals surface area contributed by atoms with Crippen molar-refractivity contribution in [3.05, 3.63) is 61.9 Å². The number of amides is 2. The third kappa shape index (κ3) is 6.11. The summed E-state index contributed by atoms with van der Waals surface area (Å²) < 4.78 is 6.97. The van der Waals surface area contributed by atoms with Crippen LogP contribution in [0, 0.1) is 0 Å². The van der Waals surface area contributed by atoms with Gasteiger partial charge in [-0.25, -0.2) is 14.8 Å². The molecule has 4 heterocycles. The normalized spacial score (nSPS) is 19.2. The Morgan fingerprint density at radius 1 is 1.09 bits per heavy atom. The first-order chi connectivity index (χ1) is 20.2. The number of aryl methyl sites for hydroxylation is 1. The van der Waals surface area contributed by atoms with E-state index in [0.29, 0.717) is 29.4 Å².